The fourth-order valence-electron chi connectivity index (χ4n) is 2.27. The Kier molecular flexibility index (Phi) is 13.0. The molecule has 0 spiro atoms. The van der Waals surface area contributed by atoms with Crippen LogP contribution in [0.15, 0.2) is 48.5 Å². The van der Waals surface area contributed by atoms with Crippen molar-refractivity contribution in [2.75, 3.05) is 14.2 Å². The lowest BCUT2D eigenvalue weighted by molar-refractivity contribution is 0.414. The van der Waals surface area contributed by atoms with Gasteiger partial charge in [-0.15, -0.1) is 0 Å². The Labute approximate surface area is 232 Å². The van der Waals surface area contributed by atoms with E-state index >= 15 is 0 Å². The van der Waals surface area contributed by atoms with Crippen LogP contribution in [0.4, 0.5) is 17.6 Å². The number of halogens is 6. The van der Waals surface area contributed by atoms with Gasteiger partial charge in [0.25, 0.3) is 0 Å². The lowest BCUT2D eigenvalue weighted by Crippen LogP contribution is -2.10. The van der Waals surface area contributed by atoms with Gasteiger partial charge in [-0.1, -0.05) is 48.7 Å². The third-order valence-corrected chi connectivity index (χ3v) is 6.24. The Morgan fingerprint density at radius 2 is 0.912 bits per heavy atom. The van der Waals surface area contributed by atoms with Crippen LogP contribution in [0.3, 0.4) is 0 Å². The van der Waals surface area contributed by atoms with Crippen molar-refractivity contribution in [1.29, 1.82) is 0 Å². The number of para-hydroxylation sites is 2. The molecule has 0 unspecified atom stereocenters. The fourth-order valence-corrected chi connectivity index (χ4v) is 3.56. The van der Waals surface area contributed by atoms with E-state index in [1.54, 1.807) is 14.2 Å². The second kappa shape index (κ2) is 14.6. The van der Waals surface area contributed by atoms with E-state index in [1.165, 1.54) is 45.2 Å². The zero-order valence-electron chi connectivity index (χ0n) is 17.7. The molecule has 4 nitrogen and oxygen atoms in total. The van der Waals surface area contributed by atoms with Gasteiger partial charge in [0, 0.05) is 0 Å². The topological polar surface area (TPSA) is 70.5 Å². The first-order valence-corrected chi connectivity index (χ1v) is 12.0. The molecule has 0 saturated heterocycles. The zero-order chi connectivity index (χ0) is 26.0. The van der Waals surface area contributed by atoms with Crippen LogP contribution in [0.25, 0.3) is 0 Å². The van der Waals surface area contributed by atoms with E-state index in [-0.39, 0.29) is 0 Å². The van der Waals surface area contributed by atoms with E-state index in [4.69, 9.17) is 45.4 Å². The van der Waals surface area contributed by atoms with Crippen LogP contribution in [0, 0.1) is 30.4 Å². The molecule has 0 heterocycles. The molecule has 34 heavy (non-hydrogen) atoms. The molecule has 0 aliphatic rings. The minimum Gasteiger partial charge on any atom is -0.496 e. The van der Waals surface area contributed by atoms with Crippen molar-refractivity contribution >= 4 is 79.6 Å². The number of thiocarbonyl (C=S) groups is 2. The summed E-state index contributed by atoms with van der Waals surface area (Å²) in [5, 5.41) is 0. The first kappa shape index (κ1) is 30.3. The molecule has 3 rings (SSSR count). The van der Waals surface area contributed by atoms with Crippen molar-refractivity contribution in [1.82, 2.24) is 0 Å². The Balaban J connectivity index is 0.000000255. The third-order valence-electron chi connectivity index (χ3n) is 3.90. The highest BCUT2D eigenvalue weighted by atomic mass is 127. The van der Waals surface area contributed by atoms with Gasteiger partial charge < -0.3 is 20.9 Å². The molecule has 0 amide bonds. The molecule has 0 bridgehead atoms. The van der Waals surface area contributed by atoms with Gasteiger partial charge >= 0.3 is 0 Å². The molecule has 0 radical (unpaired) electrons. The van der Waals surface area contributed by atoms with Crippen LogP contribution >= 0.6 is 69.6 Å². The lowest BCUT2D eigenvalue weighted by Gasteiger charge is -2.04. The maximum atomic E-state index is 12.6. The Hall–Kier alpha value is -1.78. The molecular formula is C22H18F4I2N2O2S2. The number of methoxy groups -OCH3 is 2. The maximum Gasteiger partial charge on any atom is 0.176 e. The van der Waals surface area contributed by atoms with E-state index in [9.17, 15) is 17.6 Å². The maximum absolute atomic E-state index is 12.6. The van der Waals surface area contributed by atoms with E-state index in [0.29, 0.717) is 9.98 Å². The van der Waals surface area contributed by atoms with Gasteiger partial charge in [-0.25, -0.2) is 17.6 Å². The van der Waals surface area contributed by atoms with Crippen molar-refractivity contribution < 1.29 is 27.0 Å². The summed E-state index contributed by atoms with van der Waals surface area (Å²) in [5.41, 5.74) is 12.4. The highest BCUT2D eigenvalue weighted by Crippen LogP contribution is 2.26. The second-order valence-corrected chi connectivity index (χ2v) is 9.05. The molecular weight excluding hydrogens is 718 g/mol. The van der Waals surface area contributed by atoms with Gasteiger partial charge in [-0.2, -0.15) is 0 Å². The van der Waals surface area contributed by atoms with Gasteiger partial charge in [0.05, 0.1) is 32.5 Å². The van der Waals surface area contributed by atoms with Gasteiger partial charge in [0.15, 0.2) is 23.3 Å². The van der Waals surface area contributed by atoms with E-state index in [0.717, 1.165) is 22.6 Å². The van der Waals surface area contributed by atoms with Gasteiger partial charge in [0.2, 0.25) is 0 Å². The third kappa shape index (κ3) is 8.16. The van der Waals surface area contributed by atoms with Crippen molar-refractivity contribution in [3.63, 3.8) is 0 Å². The van der Waals surface area contributed by atoms with Crippen molar-refractivity contribution in [2.24, 2.45) is 11.5 Å². The smallest absolute Gasteiger partial charge is 0.176 e. The monoisotopic (exact) mass is 736 g/mol. The predicted octanol–water partition coefficient (Wildman–Crippen LogP) is 6.11. The first-order valence-electron chi connectivity index (χ1n) is 9.00. The van der Waals surface area contributed by atoms with E-state index < -0.39 is 30.4 Å². The molecule has 0 aliphatic carbocycles. The summed E-state index contributed by atoms with van der Waals surface area (Å²) < 4.78 is 59.3. The Bertz CT molecular complexity index is 1020. The number of rotatable bonds is 4. The highest BCUT2D eigenvalue weighted by molar-refractivity contribution is 14.1. The van der Waals surface area contributed by atoms with Crippen LogP contribution in [0.2, 0.25) is 0 Å². The molecule has 0 fully saturated rings. The van der Waals surface area contributed by atoms with Crippen LogP contribution in [0.1, 0.15) is 11.1 Å². The normalized spacial score (nSPS) is 9.65. The number of nitrogens with two attached hydrogens (primary N) is 2. The Morgan fingerprint density at radius 1 is 0.647 bits per heavy atom. The van der Waals surface area contributed by atoms with E-state index in [2.05, 4.69) is 0 Å². The summed E-state index contributed by atoms with van der Waals surface area (Å²) in [6, 6.07) is 14.8. The molecule has 4 N–H and O–H groups in total. The summed E-state index contributed by atoms with van der Waals surface area (Å²) in [7, 11) is 3.19. The fraction of sp³-hybridized carbons (Fsp3) is 0.0909. The highest BCUT2D eigenvalue weighted by Gasteiger charge is 2.21. The molecule has 0 aromatic heterocycles. The van der Waals surface area contributed by atoms with Gasteiger partial charge in [-0.05, 0) is 69.4 Å². The SMILES string of the molecule is COc1ccccc1C(N)=S.COc1ccccc1C(N)=S.Fc1c(F)c(I)c(F)c(F)c1I. The molecule has 0 saturated carbocycles. The molecule has 0 atom stereocenters. The predicted molar refractivity (Wildman–Crippen MR) is 149 cm³/mol. The molecule has 3 aromatic carbocycles. The molecule has 182 valence electrons. The quantitative estimate of drug-likeness (QED) is 0.111. The standard InChI is InChI=1S/2C8H9NOS.C6F4I2/c2*1-10-7-5-3-2-4-6(7)8(9)11;7-1-2(8)6(12)4(10)3(9)5(1)11/h2*2-5H,1H3,(H2,9,11);. The van der Waals surface area contributed by atoms with E-state index in [1.807, 2.05) is 48.5 Å². The molecule has 12 heteroatoms. The minimum absolute atomic E-state index is 0.363. The summed E-state index contributed by atoms with van der Waals surface area (Å²) in [6.45, 7) is 0. The van der Waals surface area contributed by atoms with Crippen molar-refractivity contribution in [3.05, 3.63) is 90.1 Å². The summed E-state index contributed by atoms with van der Waals surface area (Å²) >= 11 is 12.0. The average Bonchev–Trinajstić information content (AvgIpc) is 2.85. The van der Waals surface area contributed by atoms with Gasteiger partial charge in [0.1, 0.15) is 21.5 Å². The zero-order valence-corrected chi connectivity index (χ0v) is 23.6. The number of benzene rings is 3. The summed E-state index contributed by atoms with van der Waals surface area (Å²) in [4.78, 5) is 0.727. The van der Waals surface area contributed by atoms with Crippen LogP contribution < -0.4 is 20.9 Å². The molecule has 0 aliphatic heterocycles. The van der Waals surface area contributed by atoms with Crippen molar-refractivity contribution in [2.45, 2.75) is 0 Å². The first-order chi connectivity index (χ1) is 16.0. The number of hydrogen-bond acceptors (Lipinski definition) is 4. The molecule has 3 aromatic rings. The lowest BCUT2D eigenvalue weighted by atomic mass is 10.2. The number of hydrogen-bond donors (Lipinski definition) is 2. The van der Waals surface area contributed by atoms with Crippen molar-refractivity contribution in [3.8, 4) is 11.5 Å². The summed E-state index contributed by atoms with van der Waals surface area (Å²) in [5.74, 6) is -3.95. The Morgan fingerprint density at radius 3 is 1.12 bits per heavy atom. The largest absolute Gasteiger partial charge is 0.496 e. The van der Waals surface area contributed by atoms with Crippen LogP contribution in [-0.4, -0.2) is 24.2 Å². The van der Waals surface area contributed by atoms with Crippen LogP contribution in [0.5, 0.6) is 11.5 Å². The minimum atomic E-state index is -1.35. The van der Waals surface area contributed by atoms with Gasteiger partial charge in [-0.3, -0.25) is 0 Å². The second-order valence-electron chi connectivity index (χ2n) is 6.01. The number of ether oxygens (including phenoxy) is 2. The average molecular weight is 736 g/mol. The van der Waals surface area contributed by atoms with Crippen LogP contribution in [-0.2, 0) is 0 Å². The summed E-state index contributed by atoms with van der Waals surface area (Å²) in [6.07, 6.45) is 0.